The number of para-hydroxylation sites is 2. The zero-order valence-corrected chi connectivity index (χ0v) is 15.9. The maximum Gasteiger partial charge on any atom is 0.207 e. The van der Waals surface area contributed by atoms with Gasteiger partial charge in [-0.05, 0) is 55.2 Å². The van der Waals surface area contributed by atoms with E-state index in [9.17, 15) is 5.11 Å². The maximum absolute atomic E-state index is 9.84. The molecule has 1 N–H and O–H groups in total. The summed E-state index contributed by atoms with van der Waals surface area (Å²) in [7, 11) is 0. The summed E-state index contributed by atoms with van der Waals surface area (Å²) in [6.45, 7) is 1.63. The summed E-state index contributed by atoms with van der Waals surface area (Å²) in [6, 6.07) is 13.7. The topological polar surface area (TPSA) is 41.3 Å². The summed E-state index contributed by atoms with van der Waals surface area (Å²) >= 11 is 12.6. The van der Waals surface area contributed by atoms with E-state index in [0.29, 0.717) is 16.6 Å². The zero-order chi connectivity index (χ0) is 18.1. The minimum absolute atomic E-state index is 0.106. The molecule has 1 aliphatic rings. The van der Waals surface area contributed by atoms with E-state index in [1.807, 2.05) is 30.3 Å². The zero-order valence-electron chi connectivity index (χ0n) is 14.4. The number of piperidine rings is 1. The van der Waals surface area contributed by atoms with Crippen molar-refractivity contribution in [3.8, 4) is 0 Å². The molecule has 1 saturated heterocycles. The highest BCUT2D eigenvalue weighted by molar-refractivity contribution is 6.33. The van der Waals surface area contributed by atoms with Crippen molar-refractivity contribution in [3.05, 3.63) is 58.1 Å². The molecule has 136 valence electrons. The molecule has 0 spiro atoms. The van der Waals surface area contributed by atoms with Crippen molar-refractivity contribution in [2.24, 2.45) is 0 Å². The molecule has 1 aromatic heterocycles. The number of benzene rings is 2. The Balaban J connectivity index is 1.82. The van der Waals surface area contributed by atoms with Gasteiger partial charge in [0.2, 0.25) is 5.95 Å². The van der Waals surface area contributed by atoms with Crippen molar-refractivity contribution >= 4 is 40.2 Å². The first-order valence-electron chi connectivity index (χ1n) is 8.94. The van der Waals surface area contributed by atoms with Gasteiger partial charge < -0.3 is 14.6 Å². The number of nitrogens with zero attached hydrogens (tertiary/aromatic N) is 3. The van der Waals surface area contributed by atoms with Crippen LogP contribution >= 0.6 is 23.2 Å². The van der Waals surface area contributed by atoms with E-state index >= 15 is 0 Å². The first-order chi connectivity index (χ1) is 12.7. The minimum Gasteiger partial charge on any atom is -0.394 e. The first kappa shape index (κ1) is 17.7. The molecule has 4 nitrogen and oxygen atoms in total. The van der Waals surface area contributed by atoms with Gasteiger partial charge in [0.05, 0.1) is 30.2 Å². The van der Waals surface area contributed by atoms with Gasteiger partial charge in [-0.2, -0.15) is 0 Å². The van der Waals surface area contributed by atoms with Gasteiger partial charge in [0.25, 0.3) is 0 Å². The normalized spacial score (nSPS) is 17.8. The molecule has 6 heteroatoms. The van der Waals surface area contributed by atoms with Gasteiger partial charge in [-0.15, -0.1) is 0 Å². The number of aliphatic hydroxyl groups is 1. The second-order valence-corrected chi connectivity index (χ2v) is 7.59. The van der Waals surface area contributed by atoms with Gasteiger partial charge in [0, 0.05) is 16.6 Å². The van der Waals surface area contributed by atoms with E-state index < -0.39 is 0 Å². The van der Waals surface area contributed by atoms with E-state index in [0.717, 1.165) is 48.4 Å². The van der Waals surface area contributed by atoms with E-state index in [-0.39, 0.29) is 12.6 Å². The summed E-state index contributed by atoms with van der Waals surface area (Å²) in [5.74, 6) is 0.890. The molecule has 3 aromatic rings. The van der Waals surface area contributed by atoms with E-state index in [4.69, 9.17) is 28.2 Å². The SMILES string of the molecule is OCC1CCCCN1c1nc2ccccc2n1Cc1cc(Cl)ccc1Cl. The quantitative estimate of drug-likeness (QED) is 0.700. The molecule has 0 bridgehead atoms. The molecule has 26 heavy (non-hydrogen) atoms. The van der Waals surface area contributed by atoms with Crippen LogP contribution in [0.15, 0.2) is 42.5 Å². The summed E-state index contributed by atoms with van der Waals surface area (Å²) in [5.41, 5.74) is 2.96. The van der Waals surface area contributed by atoms with Crippen molar-refractivity contribution in [2.45, 2.75) is 31.8 Å². The van der Waals surface area contributed by atoms with Crippen LogP contribution in [0.2, 0.25) is 10.0 Å². The van der Waals surface area contributed by atoms with Crippen LogP contribution in [0, 0.1) is 0 Å². The van der Waals surface area contributed by atoms with Crippen molar-refractivity contribution in [3.63, 3.8) is 0 Å². The highest BCUT2D eigenvalue weighted by atomic mass is 35.5. The van der Waals surface area contributed by atoms with E-state index in [1.54, 1.807) is 6.07 Å². The minimum atomic E-state index is 0.106. The number of fused-ring (bicyclic) bond motifs is 1. The summed E-state index contributed by atoms with van der Waals surface area (Å²) in [6.07, 6.45) is 3.23. The number of anilines is 1. The van der Waals surface area contributed by atoms with Crippen molar-refractivity contribution in [1.82, 2.24) is 9.55 Å². The highest BCUT2D eigenvalue weighted by Gasteiger charge is 2.26. The molecule has 1 atom stereocenters. The molecule has 1 aliphatic heterocycles. The molecule has 1 fully saturated rings. The molecule has 2 aromatic carbocycles. The Kier molecular flexibility index (Phi) is 5.07. The van der Waals surface area contributed by atoms with Crippen LogP contribution in [0.4, 0.5) is 5.95 Å². The van der Waals surface area contributed by atoms with Crippen LogP contribution in [0.25, 0.3) is 11.0 Å². The van der Waals surface area contributed by atoms with Crippen LogP contribution in [-0.4, -0.2) is 33.9 Å². The second kappa shape index (κ2) is 7.47. The Labute approximate surface area is 163 Å². The van der Waals surface area contributed by atoms with Crippen LogP contribution in [0.1, 0.15) is 24.8 Å². The number of aliphatic hydroxyl groups excluding tert-OH is 1. The monoisotopic (exact) mass is 389 g/mol. The Morgan fingerprint density at radius 3 is 2.81 bits per heavy atom. The van der Waals surface area contributed by atoms with Crippen LogP contribution < -0.4 is 4.90 Å². The van der Waals surface area contributed by atoms with Crippen molar-refractivity contribution < 1.29 is 5.11 Å². The van der Waals surface area contributed by atoms with Crippen LogP contribution in [0.3, 0.4) is 0 Å². The Hall–Kier alpha value is -1.75. The molecular weight excluding hydrogens is 369 g/mol. The lowest BCUT2D eigenvalue weighted by molar-refractivity contribution is 0.238. The van der Waals surface area contributed by atoms with Gasteiger partial charge in [0.15, 0.2) is 0 Å². The third-order valence-electron chi connectivity index (χ3n) is 5.07. The largest absolute Gasteiger partial charge is 0.394 e. The highest BCUT2D eigenvalue weighted by Crippen LogP contribution is 2.30. The number of imidazole rings is 1. The molecule has 4 rings (SSSR count). The molecule has 0 amide bonds. The Morgan fingerprint density at radius 2 is 1.96 bits per heavy atom. The average molecular weight is 390 g/mol. The smallest absolute Gasteiger partial charge is 0.207 e. The van der Waals surface area contributed by atoms with E-state index in [2.05, 4.69) is 15.5 Å². The second-order valence-electron chi connectivity index (χ2n) is 6.75. The third kappa shape index (κ3) is 3.29. The number of hydrogen-bond donors (Lipinski definition) is 1. The van der Waals surface area contributed by atoms with Gasteiger partial charge >= 0.3 is 0 Å². The third-order valence-corrected chi connectivity index (χ3v) is 5.67. The van der Waals surface area contributed by atoms with Crippen LogP contribution in [0.5, 0.6) is 0 Å². The van der Waals surface area contributed by atoms with Gasteiger partial charge in [-0.1, -0.05) is 35.3 Å². The fraction of sp³-hybridized carbons (Fsp3) is 0.350. The summed E-state index contributed by atoms with van der Waals surface area (Å²) in [5, 5.41) is 11.2. The van der Waals surface area contributed by atoms with Gasteiger partial charge in [-0.3, -0.25) is 0 Å². The average Bonchev–Trinajstić information content (AvgIpc) is 3.03. The number of hydrogen-bond acceptors (Lipinski definition) is 3. The summed E-state index contributed by atoms with van der Waals surface area (Å²) in [4.78, 5) is 7.12. The van der Waals surface area contributed by atoms with Crippen LogP contribution in [-0.2, 0) is 6.54 Å². The van der Waals surface area contributed by atoms with E-state index in [1.165, 1.54) is 0 Å². The fourth-order valence-corrected chi connectivity index (χ4v) is 4.10. The van der Waals surface area contributed by atoms with Gasteiger partial charge in [-0.25, -0.2) is 4.98 Å². The standard InChI is InChI=1S/C20H21Cl2N3O/c21-15-8-9-17(22)14(11-15)12-25-19-7-2-1-6-18(19)23-20(25)24-10-4-3-5-16(24)13-26/h1-2,6-9,11,16,26H,3-5,10,12-13H2. The number of rotatable bonds is 4. The fourth-order valence-electron chi connectivity index (χ4n) is 3.73. The van der Waals surface area contributed by atoms with Crippen molar-refractivity contribution in [2.75, 3.05) is 18.1 Å². The number of aromatic nitrogens is 2. The Bertz CT molecular complexity index is 925. The lowest BCUT2D eigenvalue weighted by Crippen LogP contribution is -2.43. The maximum atomic E-state index is 9.84. The molecule has 2 heterocycles. The predicted octanol–water partition coefficient (Wildman–Crippen LogP) is 4.74. The lowest BCUT2D eigenvalue weighted by atomic mass is 10.0. The lowest BCUT2D eigenvalue weighted by Gasteiger charge is -2.35. The predicted molar refractivity (Wildman–Crippen MR) is 107 cm³/mol. The number of halogens is 2. The summed E-state index contributed by atoms with van der Waals surface area (Å²) < 4.78 is 2.18. The molecule has 1 unspecified atom stereocenters. The Morgan fingerprint density at radius 1 is 1.12 bits per heavy atom. The molecular formula is C20H21Cl2N3O. The molecule has 0 aliphatic carbocycles. The van der Waals surface area contributed by atoms with Crippen molar-refractivity contribution in [1.29, 1.82) is 0 Å². The molecule has 0 radical (unpaired) electrons. The first-order valence-corrected chi connectivity index (χ1v) is 9.69. The van der Waals surface area contributed by atoms with Gasteiger partial charge in [0.1, 0.15) is 0 Å². The molecule has 0 saturated carbocycles.